The van der Waals surface area contributed by atoms with Gasteiger partial charge in [-0.05, 0) is 70.3 Å². The van der Waals surface area contributed by atoms with Crippen molar-refractivity contribution >= 4 is 57.2 Å². The fourth-order valence-electron chi connectivity index (χ4n) is 2.58. The number of benzene rings is 2. The monoisotopic (exact) mass is 521 g/mol. The highest BCUT2D eigenvalue weighted by molar-refractivity contribution is 9.10. The topological polar surface area (TPSA) is 139 Å². The fraction of sp³-hybridized carbons (Fsp3) is 0.190. The van der Waals surface area contributed by atoms with Crippen LogP contribution in [0.25, 0.3) is 6.08 Å². The van der Waals surface area contributed by atoms with Crippen LogP contribution < -0.4 is 10.6 Å². The summed E-state index contributed by atoms with van der Waals surface area (Å²) in [5.74, 6) is -2.06. The quantitative estimate of drug-likeness (QED) is 0.247. The number of thioether (sulfide) groups is 1. The van der Waals surface area contributed by atoms with E-state index in [-0.39, 0.29) is 23.4 Å². The number of nitro benzene ring substituents is 1. The molecule has 168 valence electrons. The van der Waals surface area contributed by atoms with E-state index in [0.717, 1.165) is 0 Å². The lowest BCUT2D eigenvalue weighted by molar-refractivity contribution is -0.384. The molecular formula is C21H20BrN3O6S. The molecule has 0 aliphatic rings. The number of amides is 2. The van der Waals surface area contributed by atoms with Crippen molar-refractivity contribution in [3.8, 4) is 0 Å². The van der Waals surface area contributed by atoms with E-state index in [4.69, 9.17) is 0 Å². The van der Waals surface area contributed by atoms with Gasteiger partial charge >= 0.3 is 5.97 Å². The van der Waals surface area contributed by atoms with Gasteiger partial charge in [-0.1, -0.05) is 12.1 Å². The Morgan fingerprint density at radius 2 is 1.84 bits per heavy atom. The SMILES string of the molecule is CSCCC(NC(=O)C(=Cc1ccc([N+](=O)[O-])cc1)NC(=O)c1ccccc1Br)C(=O)O. The third-order valence-electron chi connectivity index (χ3n) is 4.24. The molecule has 0 saturated carbocycles. The molecule has 0 fully saturated rings. The standard InChI is InChI=1S/C21H20BrN3O6S/c1-32-11-10-17(21(28)29)23-20(27)18(12-13-6-8-14(9-7-13)25(30)31)24-19(26)15-4-2-3-5-16(15)22/h2-9,12,17H,10-11H2,1H3,(H,23,27)(H,24,26)(H,28,29). The van der Waals surface area contributed by atoms with Gasteiger partial charge in [-0.15, -0.1) is 0 Å². The van der Waals surface area contributed by atoms with Crippen LogP contribution in [0.15, 0.2) is 58.7 Å². The average Bonchev–Trinajstić information content (AvgIpc) is 2.76. The lowest BCUT2D eigenvalue weighted by atomic mass is 10.1. The fourth-order valence-corrected chi connectivity index (χ4v) is 3.52. The Labute approximate surface area is 196 Å². The van der Waals surface area contributed by atoms with Crippen molar-refractivity contribution < 1.29 is 24.4 Å². The molecule has 2 aromatic carbocycles. The van der Waals surface area contributed by atoms with Crippen LogP contribution in [0.2, 0.25) is 0 Å². The van der Waals surface area contributed by atoms with Crippen LogP contribution in [-0.2, 0) is 9.59 Å². The Kier molecular flexibility index (Phi) is 9.41. The number of carboxylic acids is 1. The molecule has 1 unspecified atom stereocenters. The third-order valence-corrected chi connectivity index (χ3v) is 5.58. The lowest BCUT2D eigenvalue weighted by Gasteiger charge is -2.16. The van der Waals surface area contributed by atoms with Crippen molar-refractivity contribution in [1.82, 2.24) is 10.6 Å². The van der Waals surface area contributed by atoms with Gasteiger partial charge in [0.25, 0.3) is 17.5 Å². The molecule has 2 rings (SSSR count). The summed E-state index contributed by atoms with van der Waals surface area (Å²) in [5, 5.41) is 25.2. The van der Waals surface area contributed by atoms with Gasteiger partial charge in [0.1, 0.15) is 11.7 Å². The molecule has 1 atom stereocenters. The summed E-state index contributed by atoms with van der Waals surface area (Å²) in [6.45, 7) is 0. The van der Waals surface area contributed by atoms with Gasteiger partial charge in [0.2, 0.25) is 0 Å². The molecule has 32 heavy (non-hydrogen) atoms. The molecule has 3 N–H and O–H groups in total. The van der Waals surface area contributed by atoms with E-state index in [1.807, 2.05) is 6.26 Å². The van der Waals surface area contributed by atoms with Crippen LogP contribution in [0, 0.1) is 10.1 Å². The largest absolute Gasteiger partial charge is 0.480 e. The number of carbonyl (C=O) groups excluding carboxylic acids is 2. The van der Waals surface area contributed by atoms with Crippen LogP contribution in [0.5, 0.6) is 0 Å². The van der Waals surface area contributed by atoms with E-state index in [2.05, 4.69) is 26.6 Å². The third kappa shape index (κ3) is 7.20. The van der Waals surface area contributed by atoms with E-state index in [0.29, 0.717) is 15.8 Å². The minimum atomic E-state index is -1.20. The first-order valence-corrected chi connectivity index (χ1v) is 11.5. The van der Waals surface area contributed by atoms with Crippen molar-refractivity contribution in [3.05, 3.63) is 79.9 Å². The highest BCUT2D eigenvalue weighted by Crippen LogP contribution is 2.17. The van der Waals surface area contributed by atoms with E-state index in [1.54, 1.807) is 24.3 Å². The summed E-state index contributed by atoms with van der Waals surface area (Å²) >= 11 is 4.71. The molecule has 0 saturated heterocycles. The number of rotatable bonds is 10. The number of nitrogens with zero attached hydrogens (tertiary/aromatic N) is 1. The first-order valence-electron chi connectivity index (χ1n) is 9.27. The molecule has 0 aromatic heterocycles. The zero-order valence-corrected chi connectivity index (χ0v) is 19.3. The van der Waals surface area contributed by atoms with Crippen LogP contribution in [0.1, 0.15) is 22.3 Å². The highest BCUT2D eigenvalue weighted by atomic mass is 79.9. The number of aliphatic carboxylic acids is 1. The first-order chi connectivity index (χ1) is 15.2. The minimum absolute atomic E-state index is 0.131. The first kappa shape index (κ1) is 25.1. The number of nitro groups is 1. The van der Waals surface area contributed by atoms with Gasteiger partial charge in [0, 0.05) is 16.6 Å². The molecule has 0 spiro atoms. The predicted octanol–water partition coefficient (Wildman–Crippen LogP) is 3.45. The summed E-state index contributed by atoms with van der Waals surface area (Å²) < 4.78 is 0.510. The van der Waals surface area contributed by atoms with Crippen LogP contribution in [0.3, 0.4) is 0 Å². The zero-order chi connectivity index (χ0) is 23.7. The summed E-state index contributed by atoms with van der Waals surface area (Å²) in [6.07, 6.45) is 3.34. The summed E-state index contributed by atoms with van der Waals surface area (Å²) in [6, 6.07) is 10.8. The van der Waals surface area contributed by atoms with Crippen LogP contribution in [-0.4, -0.2) is 45.9 Å². The van der Waals surface area contributed by atoms with Gasteiger partial charge in [-0.2, -0.15) is 11.8 Å². The molecule has 11 heteroatoms. The number of nitrogens with one attached hydrogen (secondary N) is 2. The molecule has 0 heterocycles. The van der Waals surface area contributed by atoms with Gasteiger partial charge in [0.05, 0.1) is 10.5 Å². The molecule has 2 aromatic rings. The smallest absolute Gasteiger partial charge is 0.326 e. The van der Waals surface area contributed by atoms with Crippen molar-refractivity contribution in [2.45, 2.75) is 12.5 Å². The number of hydrogen-bond acceptors (Lipinski definition) is 6. The van der Waals surface area contributed by atoms with E-state index in [1.165, 1.54) is 42.1 Å². The van der Waals surface area contributed by atoms with E-state index >= 15 is 0 Å². The van der Waals surface area contributed by atoms with Crippen molar-refractivity contribution in [2.75, 3.05) is 12.0 Å². The van der Waals surface area contributed by atoms with Crippen molar-refractivity contribution in [2.24, 2.45) is 0 Å². The van der Waals surface area contributed by atoms with E-state index in [9.17, 15) is 29.6 Å². The molecule has 0 aliphatic carbocycles. The normalized spacial score (nSPS) is 12.0. The Bertz CT molecular complexity index is 1040. The number of carboxylic acid groups (broad SMARTS) is 1. The maximum Gasteiger partial charge on any atom is 0.326 e. The zero-order valence-electron chi connectivity index (χ0n) is 16.9. The van der Waals surface area contributed by atoms with Gasteiger partial charge in [0.15, 0.2) is 0 Å². The van der Waals surface area contributed by atoms with Crippen molar-refractivity contribution in [3.63, 3.8) is 0 Å². The van der Waals surface area contributed by atoms with Gasteiger partial charge in [-0.25, -0.2) is 4.79 Å². The number of non-ortho nitro benzene ring substituents is 1. The molecular weight excluding hydrogens is 502 g/mol. The maximum absolute atomic E-state index is 12.9. The Hall–Kier alpha value is -3.18. The molecule has 0 bridgehead atoms. The Morgan fingerprint density at radius 1 is 1.19 bits per heavy atom. The van der Waals surface area contributed by atoms with Crippen molar-refractivity contribution in [1.29, 1.82) is 0 Å². The molecule has 2 amide bonds. The molecule has 9 nitrogen and oxygen atoms in total. The second kappa shape index (κ2) is 12.0. The summed E-state index contributed by atoms with van der Waals surface area (Å²) in [4.78, 5) is 47.4. The Balaban J connectivity index is 2.35. The molecule has 0 aliphatic heterocycles. The van der Waals surface area contributed by atoms with E-state index < -0.39 is 28.7 Å². The number of carbonyl (C=O) groups is 3. The van der Waals surface area contributed by atoms with Crippen LogP contribution >= 0.6 is 27.7 Å². The summed E-state index contributed by atoms with van der Waals surface area (Å²) in [7, 11) is 0. The summed E-state index contributed by atoms with van der Waals surface area (Å²) in [5.41, 5.74) is 0.347. The average molecular weight is 522 g/mol. The van der Waals surface area contributed by atoms with Crippen LogP contribution in [0.4, 0.5) is 5.69 Å². The minimum Gasteiger partial charge on any atom is -0.480 e. The molecule has 0 radical (unpaired) electrons. The second-order valence-electron chi connectivity index (χ2n) is 6.49. The maximum atomic E-state index is 12.9. The number of halogens is 1. The second-order valence-corrected chi connectivity index (χ2v) is 8.33. The lowest BCUT2D eigenvalue weighted by Crippen LogP contribution is -2.44. The predicted molar refractivity (Wildman–Crippen MR) is 125 cm³/mol. The highest BCUT2D eigenvalue weighted by Gasteiger charge is 2.23. The Morgan fingerprint density at radius 3 is 2.41 bits per heavy atom. The van der Waals surface area contributed by atoms with Gasteiger partial charge in [-0.3, -0.25) is 19.7 Å². The van der Waals surface area contributed by atoms with Gasteiger partial charge < -0.3 is 15.7 Å². The number of hydrogen-bond donors (Lipinski definition) is 3.